The summed E-state index contributed by atoms with van der Waals surface area (Å²) < 4.78 is 32.7. The van der Waals surface area contributed by atoms with E-state index < -0.39 is 10.0 Å². The second-order valence-corrected chi connectivity index (χ2v) is 9.96. The first-order chi connectivity index (χ1) is 14.8. The Hall–Kier alpha value is -2.72. The minimum Gasteiger partial charge on any atom is -0.471 e. The minimum atomic E-state index is -3.48. The summed E-state index contributed by atoms with van der Waals surface area (Å²) in [4.78, 5) is 25.2. The van der Waals surface area contributed by atoms with Crippen LogP contribution in [0.25, 0.3) is 0 Å². The van der Waals surface area contributed by atoms with E-state index in [1.807, 2.05) is 19.0 Å². The van der Waals surface area contributed by atoms with E-state index in [0.29, 0.717) is 49.9 Å². The first-order valence-electron chi connectivity index (χ1n) is 10.4. The number of sulfonamides is 1. The molecule has 10 heteroatoms. The van der Waals surface area contributed by atoms with Gasteiger partial charge in [-0.2, -0.15) is 9.29 Å². The van der Waals surface area contributed by atoms with Crippen molar-refractivity contribution in [1.29, 1.82) is 0 Å². The molecule has 2 saturated heterocycles. The highest BCUT2D eigenvalue weighted by molar-refractivity contribution is 7.89. The van der Waals surface area contributed by atoms with Gasteiger partial charge in [0.1, 0.15) is 6.10 Å². The van der Waals surface area contributed by atoms with Crippen molar-refractivity contribution in [2.24, 2.45) is 0 Å². The van der Waals surface area contributed by atoms with Crippen molar-refractivity contribution in [1.82, 2.24) is 19.2 Å². The Kier molecular flexibility index (Phi) is 6.10. The normalized spacial score (nSPS) is 19.5. The lowest BCUT2D eigenvalue weighted by Crippen LogP contribution is -2.31. The maximum atomic E-state index is 12.9. The van der Waals surface area contributed by atoms with Crippen LogP contribution in [0.3, 0.4) is 0 Å². The van der Waals surface area contributed by atoms with Gasteiger partial charge in [0, 0.05) is 45.7 Å². The van der Waals surface area contributed by atoms with Crippen molar-refractivity contribution in [3.63, 3.8) is 0 Å². The number of nitrogens with zero attached hydrogens (tertiary/aromatic N) is 5. The predicted molar refractivity (Wildman–Crippen MR) is 116 cm³/mol. The highest BCUT2D eigenvalue weighted by atomic mass is 32.2. The summed E-state index contributed by atoms with van der Waals surface area (Å²) in [5, 5.41) is 0. The summed E-state index contributed by atoms with van der Waals surface area (Å²) in [7, 11) is 0.280. The molecule has 1 aromatic carbocycles. The quantitative estimate of drug-likeness (QED) is 0.667. The Morgan fingerprint density at radius 2 is 1.81 bits per heavy atom. The number of likely N-dealkylation sites (tertiary alicyclic amines) is 1. The molecule has 2 fully saturated rings. The van der Waals surface area contributed by atoms with Crippen LogP contribution in [0.5, 0.6) is 5.88 Å². The Morgan fingerprint density at radius 3 is 2.48 bits per heavy atom. The van der Waals surface area contributed by atoms with Crippen LogP contribution in [0, 0.1) is 0 Å². The highest BCUT2D eigenvalue weighted by Gasteiger charge is 2.30. The molecular formula is C21H27N5O4S. The van der Waals surface area contributed by atoms with Gasteiger partial charge in [-0.25, -0.2) is 8.42 Å². The van der Waals surface area contributed by atoms with Crippen LogP contribution in [0.1, 0.15) is 29.6 Å². The number of aromatic nitrogens is 2. The molecule has 1 aromatic heterocycles. The number of ether oxygens (including phenoxy) is 1. The van der Waals surface area contributed by atoms with Gasteiger partial charge >= 0.3 is 0 Å². The topological polar surface area (TPSA) is 95.9 Å². The van der Waals surface area contributed by atoms with Gasteiger partial charge in [-0.3, -0.25) is 9.78 Å². The molecule has 3 heterocycles. The van der Waals surface area contributed by atoms with Crippen molar-refractivity contribution in [3.05, 3.63) is 42.2 Å². The van der Waals surface area contributed by atoms with Gasteiger partial charge in [-0.05, 0) is 37.1 Å². The maximum Gasteiger partial charge on any atom is 0.253 e. The molecule has 166 valence electrons. The second-order valence-electron chi connectivity index (χ2n) is 8.03. The molecule has 2 aliphatic rings. The van der Waals surface area contributed by atoms with Gasteiger partial charge in [0.05, 0.1) is 23.8 Å². The second kappa shape index (κ2) is 8.80. The fourth-order valence-electron chi connectivity index (χ4n) is 3.82. The van der Waals surface area contributed by atoms with Crippen LogP contribution < -0.4 is 9.64 Å². The zero-order chi connectivity index (χ0) is 22.0. The lowest BCUT2D eigenvalue weighted by Gasteiger charge is -2.18. The van der Waals surface area contributed by atoms with Crippen LogP contribution in [-0.2, 0) is 10.0 Å². The van der Waals surface area contributed by atoms with Gasteiger partial charge < -0.3 is 14.5 Å². The number of carbonyl (C=O) groups is 1. The highest BCUT2D eigenvalue weighted by Crippen LogP contribution is 2.23. The van der Waals surface area contributed by atoms with Gasteiger partial charge in [-0.15, -0.1) is 0 Å². The Bertz CT molecular complexity index is 1040. The summed E-state index contributed by atoms with van der Waals surface area (Å²) in [6, 6.07) is 6.22. The van der Waals surface area contributed by atoms with Gasteiger partial charge in [0.15, 0.2) is 5.82 Å². The molecule has 1 unspecified atom stereocenters. The van der Waals surface area contributed by atoms with Crippen LogP contribution in [-0.4, -0.2) is 79.9 Å². The Balaban J connectivity index is 1.38. The SMILES string of the molecule is CN(C)c1cncc(OC2CCN(C(=O)c3ccc(S(=O)(=O)N4CCCC4)cc3)C2)n1. The molecule has 0 spiro atoms. The molecule has 0 radical (unpaired) electrons. The largest absolute Gasteiger partial charge is 0.471 e. The van der Waals surface area contributed by atoms with E-state index in [1.54, 1.807) is 29.4 Å². The van der Waals surface area contributed by atoms with Crippen LogP contribution in [0.15, 0.2) is 41.6 Å². The third-order valence-electron chi connectivity index (χ3n) is 5.58. The number of amides is 1. The smallest absolute Gasteiger partial charge is 0.253 e. The van der Waals surface area contributed by atoms with E-state index in [1.165, 1.54) is 16.4 Å². The molecule has 2 aromatic rings. The van der Waals surface area contributed by atoms with Crippen molar-refractivity contribution >= 4 is 21.7 Å². The minimum absolute atomic E-state index is 0.135. The molecule has 0 aliphatic carbocycles. The number of hydrogen-bond acceptors (Lipinski definition) is 7. The van der Waals surface area contributed by atoms with E-state index in [2.05, 4.69) is 9.97 Å². The third-order valence-corrected chi connectivity index (χ3v) is 7.49. The number of benzene rings is 1. The molecule has 1 atom stereocenters. The van der Waals surface area contributed by atoms with E-state index >= 15 is 0 Å². The predicted octanol–water partition coefficient (Wildman–Crippen LogP) is 1.62. The molecule has 9 nitrogen and oxygen atoms in total. The molecule has 0 saturated carbocycles. The molecule has 1 amide bonds. The van der Waals surface area contributed by atoms with Crippen LogP contribution in [0.4, 0.5) is 5.82 Å². The Labute approximate surface area is 182 Å². The maximum absolute atomic E-state index is 12.9. The van der Waals surface area contributed by atoms with E-state index in [9.17, 15) is 13.2 Å². The van der Waals surface area contributed by atoms with Gasteiger partial charge in [0.2, 0.25) is 15.9 Å². The standard InChI is InChI=1S/C21H27N5O4S/c1-24(2)19-13-22-14-20(23-19)30-17-9-12-25(15-17)21(27)16-5-7-18(8-6-16)31(28,29)26-10-3-4-11-26/h5-8,13-14,17H,3-4,9-12,15H2,1-2H3. The molecule has 0 bridgehead atoms. The summed E-state index contributed by atoms with van der Waals surface area (Å²) in [5.41, 5.74) is 0.468. The summed E-state index contributed by atoms with van der Waals surface area (Å²) in [6.07, 6.45) is 5.53. The van der Waals surface area contributed by atoms with E-state index in [4.69, 9.17) is 4.74 Å². The third kappa shape index (κ3) is 4.64. The number of hydrogen-bond donors (Lipinski definition) is 0. The average Bonchev–Trinajstić information content (AvgIpc) is 3.46. The van der Waals surface area contributed by atoms with Crippen molar-refractivity contribution in [2.75, 3.05) is 45.2 Å². The van der Waals surface area contributed by atoms with Gasteiger partial charge in [-0.1, -0.05) is 0 Å². The zero-order valence-corrected chi connectivity index (χ0v) is 18.6. The number of carbonyl (C=O) groups excluding carboxylic acids is 1. The number of rotatable bonds is 6. The fraction of sp³-hybridized carbons (Fsp3) is 0.476. The molecular weight excluding hydrogens is 418 g/mol. The van der Waals surface area contributed by atoms with Crippen molar-refractivity contribution in [3.8, 4) is 5.88 Å². The lowest BCUT2D eigenvalue weighted by atomic mass is 10.2. The fourth-order valence-corrected chi connectivity index (χ4v) is 5.34. The first kappa shape index (κ1) is 21.5. The lowest BCUT2D eigenvalue weighted by molar-refractivity contribution is 0.0771. The molecule has 2 aliphatic heterocycles. The summed E-state index contributed by atoms with van der Waals surface area (Å²) >= 11 is 0. The van der Waals surface area contributed by atoms with Crippen LogP contribution in [0.2, 0.25) is 0 Å². The molecule has 4 rings (SSSR count). The molecule has 0 N–H and O–H groups in total. The number of anilines is 1. The van der Waals surface area contributed by atoms with E-state index in [0.717, 1.165) is 12.8 Å². The van der Waals surface area contributed by atoms with Crippen LogP contribution >= 0.6 is 0 Å². The van der Waals surface area contributed by atoms with Crippen molar-refractivity contribution in [2.45, 2.75) is 30.3 Å². The van der Waals surface area contributed by atoms with E-state index in [-0.39, 0.29) is 16.9 Å². The first-order valence-corrected chi connectivity index (χ1v) is 11.8. The summed E-state index contributed by atoms with van der Waals surface area (Å²) in [6.45, 7) is 2.12. The zero-order valence-electron chi connectivity index (χ0n) is 17.8. The average molecular weight is 446 g/mol. The molecule has 31 heavy (non-hydrogen) atoms. The van der Waals surface area contributed by atoms with Gasteiger partial charge in [0.25, 0.3) is 5.91 Å². The monoisotopic (exact) mass is 445 g/mol. The van der Waals surface area contributed by atoms with Crippen molar-refractivity contribution < 1.29 is 17.9 Å². The summed E-state index contributed by atoms with van der Waals surface area (Å²) in [5.74, 6) is 0.999. The Morgan fingerprint density at radius 1 is 1.10 bits per heavy atom.